The van der Waals surface area contributed by atoms with E-state index in [0.717, 1.165) is 0 Å². The van der Waals surface area contributed by atoms with Crippen molar-refractivity contribution in [2.45, 2.75) is 13.8 Å². The van der Waals surface area contributed by atoms with Crippen LogP contribution in [-0.4, -0.2) is 47.2 Å². The molecular formula is C12H16IN7O5. The minimum Gasteiger partial charge on any atom is -0.450 e. The Morgan fingerprint density at radius 2 is 1.72 bits per heavy atom. The molecule has 136 valence electrons. The van der Waals surface area contributed by atoms with E-state index in [-0.39, 0.29) is 34.2 Å². The van der Waals surface area contributed by atoms with Gasteiger partial charge in [0.25, 0.3) is 5.91 Å². The largest absolute Gasteiger partial charge is 0.450 e. The number of rotatable bonds is 3. The zero-order chi connectivity index (χ0) is 19.0. The summed E-state index contributed by atoms with van der Waals surface area (Å²) in [5, 5.41) is 4.26. The van der Waals surface area contributed by atoms with Crippen molar-refractivity contribution < 1.29 is 23.9 Å². The van der Waals surface area contributed by atoms with E-state index in [1.165, 1.54) is 0 Å². The molecule has 0 bridgehead atoms. The van der Waals surface area contributed by atoms with E-state index >= 15 is 0 Å². The molecule has 0 aromatic carbocycles. The number of amides is 3. The first-order valence-corrected chi connectivity index (χ1v) is 7.95. The third-order valence-electron chi connectivity index (χ3n) is 2.32. The molecule has 0 spiro atoms. The first-order valence-electron chi connectivity index (χ1n) is 6.87. The lowest BCUT2D eigenvalue weighted by Crippen LogP contribution is -2.45. The second-order valence-corrected chi connectivity index (χ2v) is 5.11. The highest BCUT2D eigenvalue weighted by atomic mass is 127. The van der Waals surface area contributed by atoms with Crippen LogP contribution in [0.15, 0.2) is 4.99 Å². The standard InChI is InChI=1S/C12H16IN7O5/c1-3-24-11(22)19-10(20-12(23)25-4-2)18-9(21)5-7(14)17-8(15)6(13)16-5/h3-4H2,1-2H3,(H4,14,15,17)(H2,18,19,20,21,22,23). The van der Waals surface area contributed by atoms with Gasteiger partial charge in [0.2, 0.25) is 5.96 Å². The van der Waals surface area contributed by atoms with Crippen LogP contribution in [0.25, 0.3) is 0 Å². The molecule has 1 rings (SSSR count). The number of hydrogen-bond acceptors (Lipinski definition) is 9. The first kappa shape index (κ1) is 20.3. The number of ether oxygens (including phenoxy) is 2. The number of alkyl carbamates (subject to hydrolysis) is 1. The number of nitrogens with zero attached hydrogens (tertiary/aromatic N) is 3. The second kappa shape index (κ2) is 9.55. The Morgan fingerprint density at radius 1 is 1.08 bits per heavy atom. The molecule has 1 heterocycles. The van der Waals surface area contributed by atoms with Crippen LogP contribution < -0.4 is 22.1 Å². The van der Waals surface area contributed by atoms with E-state index in [0.29, 0.717) is 0 Å². The van der Waals surface area contributed by atoms with Gasteiger partial charge in [-0.3, -0.25) is 15.4 Å². The average Bonchev–Trinajstić information content (AvgIpc) is 2.51. The Balaban J connectivity index is 3.03. The van der Waals surface area contributed by atoms with E-state index in [1.807, 2.05) is 0 Å². The van der Waals surface area contributed by atoms with Gasteiger partial charge in [-0.05, 0) is 36.4 Å². The molecule has 0 saturated heterocycles. The maximum Gasteiger partial charge on any atom is 0.436 e. The topological polar surface area (TPSA) is 184 Å². The number of nitrogens with one attached hydrogen (secondary N) is 2. The summed E-state index contributed by atoms with van der Waals surface area (Å²) >= 11 is 1.77. The van der Waals surface area contributed by atoms with Gasteiger partial charge >= 0.3 is 12.2 Å². The van der Waals surface area contributed by atoms with Gasteiger partial charge < -0.3 is 20.9 Å². The number of aliphatic imine (C=N–C) groups is 1. The van der Waals surface area contributed by atoms with E-state index in [2.05, 4.69) is 35.1 Å². The van der Waals surface area contributed by atoms with Gasteiger partial charge in [0, 0.05) is 0 Å². The van der Waals surface area contributed by atoms with E-state index < -0.39 is 24.1 Å². The highest BCUT2D eigenvalue weighted by Gasteiger charge is 2.19. The molecule has 12 nitrogen and oxygen atoms in total. The summed E-state index contributed by atoms with van der Waals surface area (Å²) in [5.41, 5.74) is 10.9. The van der Waals surface area contributed by atoms with E-state index in [1.54, 1.807) is 36.4 Å². The number of hydrogen-bond donors (Lipinski definition) is 4. The van der Waals surface area contributed by atoms with E-state index in [9.17, 15) is 14.4 Å². The predicted octanol–water partition coefficient (Wildman–Crippen LogP) is 0.234. The monoisotopic (exact) mass is 465 g/mol. The first-order chi connectivity index (χ1) is 11.8. The van der Waals surface area contributed by atoms with Crippen molar-refractivity contribution in [3.8, 4) is 0 Å². The van der Waals surface area contributed by atoms with Crippen molar-refractivity contribution in [1.82, 2.24) is 20.6 Å². The lowest BCUT2D eigenvalue weighted by atomic mass is 10.4. The fourth-order valence-corrected chi connectivity index (χ4v) is 1.74. The Morgan fingerprint density at radius 3 is 2.32 bits per heavy atom. The number of nitrogens with two attached hydrogens (primary N) is 2. The van der Waals surface area contributed by atoms with Crippen molar-refractivity contribution in [2.75, 3.05) is 24.7 Å². The van der Waals surface area contributed by atoms with Crippen LogP contribution in [0.5, 0.6) is 0 Å². The average molecular weight is 465 g/mol. The molecule has 13 heteroatoms. The van der Waals surface area contributed by atoms with Gasteiger partial charge in [0.05, 0.1) is 13.2 Å². The van der Waals surface area contributed by atoms with E-state index in [4.69, 9.17) is 11.5 Å². The third-order valence-corrected chi connectivity index (χ3v) is 3.11. The molecule has 0 aliphatic rings. The second-order valence-electron chi connectivity index (χ2n) is 4.09. The summed E-state index contributed by atoms with van der Waals surface area (Å²) in [6.45, 7) is 3.27. The normalized spacial score (nSPS) is 10.8. The van der Waals surface area contributed by atoms with Crippen LogP contribution in [0.4, 0.5) is 21.2 Å². The van der Waals surface area contributed by atoms with Gasteiger partial charge in [-0.1, -0.05) is 0 Å². The van der Waals surface area contributed by atoms with Crippen molar-refractivity contribution in [1.29, 1.82) is 0 Å². The summed E-state index contributed by atoms with van der Waals surface area (Å²) in [5.74, 6) is -1.57. The number of guanidine groups is 1. The van der Waals surface area contributed by atoms with Gasteiger partial charge in [0.15, 0.2) is 17.3 Å². The summed E-state index contributed by atoms with van der Waals surface area (Å²) in [6, 6.07) is 0. The van der Waals surface area contributed by atoms with Gasteiger partial charge in [0.1, 0.15) is 3.70 Å². The molecule has 25 heavy (non-hydrogen) atoms. The minimum absolute atomic E-state index is 0.0531. The maximum absolute atomic E-state index is 12.3. The molecule has 0 saturated carbocycles. The molecule has 0 aliphatic heterocycles. The predicted molar refractivity (Wildman–Crippen MR) is 95.7 cm³/mol. The Labute approximate surface area is 155 Å². The maximum atomic E-state index is 12.3. The molecule has 1 aromatic rings. The van der Waals surface area contributed by atoms with Crippen LogP contribution in [-0.2, 0) is 9.47 Å². The van der Waals surface area contributed by atoms with Crippen LogP contribution in [0.3, 0.4) is 0 Å². The van der Waals surface area contributed by atoms with Gasteiger partial charge in [-0.25, -0.2) is 19.6 Å². The van der Waals surface area contributed by atoms with Crippen LogP contribution in [0.2, 0.25) is 0 Å². The number of nitrogen functional groups attached to an aromatic ring is 2. The molecule has 0 fully saturated rings. The van der Waals surface area contributed by atoms with Crippen LogP contribution in [0.1, 0.15) is 24.3 Å². The molecule has 0 unspecified atom stereocenters. The third kappa shape index (κ3) is 6.36. The van der Waals surface area contributed by atoms with Crippen LogP contribution in [0, 0.1) is 3.70 Å². The minimum atomic E-state index is -1.03. The van der Waals surface area contributed by atoms with Crippen LogP contribution >= 0.6 is 22.6 Å². The Bertz CT molecular complexity index is 709. The molecule has 0 aliphatic carbocycles. The summed E-state index contributed by atoms with van der Waals surface area (Å²) in [4.78, 5) is 46.3. The van der Waals surface area contributed by atoms with Crippen molar-refractivity contribution >= 4 is 58.3 Å². The molecular weight excluding hydrogens is 449 g/mol. The number of carbonyl (C=O) groups excluding carboxylic acids is 3. The molecule has 0 radical (unpaired) electrons. The summed E-state index contributed by atoms with van der Waals surface area (Å²) in [6.07, 6.45) is -1.96. The molecule has 6 N–H and O–H groups in total. The van der Waals surface area contributed by atoms with Gasteiger partial charge in [-0.15, -0.1) is 4.99 Å². The fraction of sp³-hybridized carbons (Fsp3) is 0.333. The van der Waals surface area contributed by atoms with Crippen molar-refractivity contribution in [3.05, 3.63) is 9.39 Å². The highest BCUT2D eigenvalue weighted by Crippen LogP contribution is 2.14. The van der Waals surface area contributed by atoms with Crippen molar-refractivity contribution in [2.24, 2.45) is 4.99 Å². The zero-order valence-corrected chi connectivity index (χ0v) is 15.5. The highest BCUT2D eigenvalue weighted by molar-refractivity contribution is 14.1. The van der Waals surface area contributed by atoms with Gasteiger partial charge in [-0.2, -0.15) is 0 Å². The fourth-order valence-electron chi connectivity index (χ4n) is 1.37. The number of halogens is 1. The molecule has 0 atom stereocenters. The Hall–Kier alpha value is -2.71. The number of aromatic nitrogens is 2. The number of carbonyl (C=O) groups is 3. The lowest BCUT2D eigenvalue weighted by molar-refractivity contribution is 0.0971. The summed E-state index contributed by atoms with van der Waals surface area (Å²) in [7, 11) is 0. The Kier molecular flexibility index (Phi) is 7.77. The molecule has 3 amide bonds. The quantitative estimate of drug-likeness (QED) is 0.276. The smallest absolute Gasteiger partial charge is 0.436 e. The molecule has 1 aromatic heterocycles. The zero-order valence-electron chi connectivity index (χ0n) is 13.3. The number of anilines is 2. The summed E-state index contributed by atoms with van der Waals surface area (Å²) < 4.78 is 9.52. The van der Waals surface area contributed by atoms with Crippen molar-refractivity contribution in [3.63, 3.8) is 0 Å². The SMILES string of the molecule is CCOC(=O)/N=C(\NC(=O)OCC)NC(=O)c1nc(I)c(N)nc1N. The lowest BCUT2D eigenvalue weighted by Gasteiger charge is -2.11.